The first-order valence-corrected chi connectivity index (χ1v) is 7.99. The van der Waals surface area contributed by atoms with Gasteiger partial charge in [-0.3, -0.25) is 5.10 Å². The van der Waals surface area contributed by atoms with Gasteiger partial charge in [-0.1, -0.05) is 19.0 Å². The van der Waals surface area contributed by atoms with Crippen LogP contribution in [0.1, 0.15) is 38.6 Å². The summed E-state index contributed by atoms with van der Waals surface area (Å²) in [5.41, 5.74) is 0. The van der Waals surface area contributed by atoms with Crippen LogP contribution in [-0.4, -0.2) is 50.6 Å². The first-order chi connectivity index (χ1) is 11.6. The fraction of sp³-hybridized carbons (Fsp3) is 0.643. The molecule has 3 heterocycles. The highest BCUT2D eigenvalue weighted by Crippen LogP contribution is 2.22. The third kappa shape index (κ3) is 3.88. The third-order valence-electron chi connectivity index (χ3n) is 3.80. The maximum absolute atomic E-state index is 12.1. The Labute approximate surface area is 138 Å². The van der Waals surface area contributed by atoms with Gasteiger partial charge in [0.05, 0.1) is 6.10 Å². The maximum atomic E-state index is 12.1. The van der Waals surface area contributed by atoms with E-state index in [1.807, 2.05) is 13.8 Å². The summed E-state index contributed by atoms with van der Waals surface area (Å²) >= 11 is 0. The highest BCUT2D eigenvalue weighted by Gasteiger charge is 2.26. The van der Waals surface area contributed by atoms with Crippen LogP contribution in [-0.2, 0) is 4.74 Å². The van der Waals surface area contributed by atoms with Gasteiger partial charge in [0, 0.05) is 13.2 Å². The molecule has 10 nitrogen and oxygen atoms in total. The Morgan fingerprint density at radius 1 is 1.50 bits per heavy atom. The molecular formula is C14H21N7O3. The van der Waals surface area contributed by atoms with Crippen LogP contribution in [0.15, 0.2) is 10.9 Å². The van der Waals surface area contributed by atoms with E-state index in [4.69, 9.17) is 9.26 Å². The number of ether oxygens (including phenoxy) is 1. The van der Waals surface area contributed by atoms with E-state index in [-0.39, 0.29) is 18.1 Å². The van der Waals surface area contributed by atoms with Crippen molar-refractivity contribution in [3.8, 4) is 11.6 Å². The van der Waals surface area contributed by atoms with Gasteiger partial charge in [0.2, 0.25) is 11.7 Å². The Morgan fingerprint density at radius 2 is 2.38 bits per heavy atom. The smallest absolute Gasteiger partial charge is 0.315 e. The molecule has 0 radical (unpaired) electrons. The van der Waals surface area contributed by atoms with Crippen LogP contribution in [0.5, 0.6) is 0 Å². The highest BCUT2D eigenvalue weighted by atomic mass is 16.5. The van der Waals surface area contributed by atoms with Crippen LogP contribution in [0.4, 0.5) is 4.79 Å². The summed E-state index contributed by atoms with van der Waals surface area (Å²) in [7, 11) is 0. The molecule has 2 atom stereocenters. The van der Waals surface area contributed by atoms with Gasteiger partial charge in [-0.05, 0) is 18.8 Å². The van der Waals surface area contributed by atoms with Gasteiger partial charge in [0.25, 0.3) is 0 Å². The van der Waals surface area contributed by atoms with Gasteiger partial charge in [0.15, 0.2) is 5.82 Å². The minimum absolute atomic E-state index is 0.0708. The fourth-order valence-corrected chi connectivity index (χ4v) is 2.49. The minimum atomic E-state index is -0.404. The second-order valence-corrected chi connectivity index (χ2v) is 6.00. The number of amides is 2. The third-order valence-corrected chi connectivity index (χ3v) is 3.80. The van der Waals surface area contributed by atoms with Gasteiger partial charge < -0.3 is 19.9 Å². The summed E-state index contributed by atoms with van der Waals surface area (Å²) in [6.45, 7) is 5.17. The minimum Gasteiger partial charge on any atom is -0.376 e. The van der Waals surface area contributed by atoms with E-state index in [1.165, 1.54) is 6.33 Å². The molecule has 1 aliphatic rings. The summed E-state index contributed by atoms with van der Waals surface area (Å²) in [5, 5.41) is 16.0. The van der Waals surface area contributed by atoms with E-state index in [2.05, 4.69) is 36.0 Å². The molecule has 0 aromatic carbocycles. The predicted octanol–water partition coefficient (Wildman–Crippen LogP) is 1.03. The van der Waals surface area contributed by atoms with Crippen LogP contribution >= 0.6 is 0 Å². The average Bonchev–Trinajstić information content (AvgIpc) is 3.32. The van der Waals surface area contributed by atoms with Crippen LogP contribution in [0, 0.1) is 5.92 Å². The molecule has 24 heavy (non-hydrogen) atoms. The van der Waals surface area contributed by atoms with Crippen molar-refractivity contribution >= 4 is 6.03 Å². The van der Waals surface area contributed by atoms with Crippen LogP contribution < -0.4 is 10.6 Å². The molecule has 2 amide bonds. The van der Waals surface area contributed by atoms with E-state index in [9.17, 15) is 4.79 Å². The molecule has 0 spiro atoms. The normalized spacial score (nSPS) is 18.7. The molecular weight excluding hydrogens is 314 g/mol. The van der Waals surface area contributed by atoms with Gasteiger partial charge >= 0.3 is 6.03 Å². The Kier molecular flexibility index (Phi) is 5.04. The quantitative estimate of drug-likeness (QED) is 0.718. The molecule has 0 saturated carbocycles. The predicted molar refractivity (Wildman–Crippen MR) is 82.8 cm³/mol. The van der Waals surface area contributed by atoms with Crippen molar-refractivity contribution in [2.45, 2.75) is 38.8 Å². The van der Waals surface area contributed by atoms with Crippen molar-refractivity contribution in [2.24, 2.45) is 5.92 Å². The first-order valence-electron chi connectivity index (χ1n) is 7.99. The van der Waals surface area contributed by atoms with Crippen LogP contribution in [0.2, 0.25) is 0 Å². The molecule has 3 rings (SSSR count). The molecule has 3 N–H and O–H groups in total. The molecule has 130 valence electrons. The van der Waals surface area contributed by atoms with Crippen molar-refractivity contribution in [2.75, 3.05) is 13.2 Å². The number of aromatic nitrogens is 5. The summed E-state index contributed by atoms with van der Waals surface area (Å²) in [6, 6.07) is -0.692. The Balaban J connectivity index is 1.60. The van der Waals surface area contributed by atoms with E-state index in [0.717, 1.165) is 19.4 Å². The van der Waals surface area contributed by atoms with Crippen molar-refractivity contribution in [3.63, 3.8) is 0 Å². The first kappa shape index (κ1) is 16.4. The summed E-state index contributed by atoms with van der Waals surface area (Å²) < 4.78 is 10.8. The standard InChI is InChI=1S/C14H21N7O3/c1-8(2)10(18-14(22)15-6-9-4-3-5-23-9)13-19-12(21-24-13)11-16-7-17-20-11/h7-10H,3-6H2,1-2H3,(H2,15,18,22)(H,16,17,20)/t9-,10+/m1/s1. The number of nitrogens with one attached hydrogen (secondary N) is 3. The molecule has 2 aromatic heterocycles. The van der Waals surface area contributed by atoms with Crippen molar-refractivity contribution < 1.29 is 14.1 Å². The molecule has 0 bridgehead atoms. The largest absolute Gasteiger partial charge is 0.376 e. The number of carbonyl (C=O) groups is 1. The lowest BCUT2D eigenvalue weighted by atomic mass is 10.0. The average molecular weight is 335 g/mol. The Hall–Kier alpha value is -2.49. The summed E-state index contributed by atoms with van der Waals surface area (Å²) in [4.78, 5) is 20.4. The maximum Gasteiger partial charge on any atom is 0.315 e. The zero-order chi connectivity index (χ0) is 16.9. The zero-order valence-electron chi connectivity index (χ0n) is 13.7. The summed E-state index contributed by atoms with van der Waals surface area (Å²) in [6.07, 6.45) is 3.46. The molecule has 1 fully saturated rings. The van der Waals surface area contributed by atoms with Crippen molar-refractivity contribution in [1.82, 2.24) is 36.0 Å². The SMILES string of the molecule is CC(C)[C@H](NC(=O)NC[C@H]1CCCO1)c1nc(-c2ncn[nH]2)no1. The lowest BCUT2D eigenvalue weighted by Gasteiger charge is -2.19. The van der Waals surface area contributed by atoms with E-state index >= 15 is 0 Å². The molecule has 1 saturated heterocycles. The lowest BCUT2D eigenvalue weighted by Crippen LogP contribution is -2.42. The van der Waals surface area contributed by atoms with Gasteiger partial charge in [-0.2, -0.15) is 10.1 Å². The molecule has 0 unspecified atom stereocenters. The lowest BCUT2D eigenvalue weighted by molar-refractivity contribution is 0.111. The molecule has 1 aliphatic heterocycles. The number of hydrogen-bond donors (Lipinski definition) is 3. The highest BCUT2D eigenvalue weighted by molar-refractivity contribution is 5.74. The Bertz CT molecular complexity index is 649. The second-order valence-electron chi connectivity index (χ2n) is 6.00. The number of rotatable bonds is 6. The number of aromatic amines is 1. The van der Waals surface area contributed by atoms with Crippen LogP contribution in [0.3, 0.4) is 0 Å². The molecule has 10 heteroatoms. The van der Waals surface area contributed by atoms with E-state index in [1.54, 1.807) is 0 Å². The monoisotopic (exact) mass is 335 g/mol. The van der Waals surface area contributed by atoms with Crippen LogP contribution in [0.25, 0.3) is 11.6 Å². The fourth-order valence-electron chi connectivity index (χ4n) is 2.49. The topological polar surface area (TPSA) is 131 Å². The second kappa shape index (κ2) is 7.39. The zero-order valence-corrected chi connectivity index (χ0v) is 13.7. The number of H-pyrrole nitrogens is 1. The number of urea groups is 1. The van der Waals surface area contributed by atoms with E-state index < -0.39 is 6.04 Å². The van der Waals surface area contributed by atoms with Crippen molar-refractivity contribution in [3.05, 3.63) is 12.2 Å². The van der Waals surface area contributed by atoms with Crippen molar-refractivity contribution in [1.29, 1.82) is 0 Å². The molecule has 2 aromatic rings. The number of hydrogen-bond acceptors (Lipinski definition) is 7. The van der Waals surface area contributed by atoms with Gasteiger partial charge in [0.1, 0.15) is 12.4 Å². The van der Waals surface area contributed by atoms with Gasteiger partial charge in [-0.25, -0.2) is 9.78 Å². The number of carbonyl (C=O) groups excluding carboxylic acids is 1. The number of nitrogens with zero attached hydrogens (tertiary/aromatic N) is 4. The Morgan fingerprint density at radius 3 is 3.04 bits per heavy atom. The molecule has 0 aliphatic carbocycles. The van der Waals surface area contributed by atoms with E-state index in [0.29, 0.717) is 24.1 Å². The summed E-state index contributed by atoms with van der Waals surface area (Å²) in [5.74, 6) is 1.11. The van der Waals surface area contributed by atoms with Gasteiger partial charge in [-0.15, -0.1) is 0 Å².